The van der Waals surface area contributed by atoms with E-state index in [4.69, 9.17) is 9.47 Å². The molecule has 7 rings (SSSR count). The largest absolute Gasteiger partial charge is 0.381 e. The van der Waals surface area contributed by atoms with E-state index in [9.17, 15) is 8.42 Å². The molecular formula is C31H35N9O4S. The molecule has 1 aliphatic carbocycles. The molecule has 0 unspecified atom stereocenters. The van der Waals surface area contributed by atoms with Crippen molar-refractivity contribution in [3.05, 3.63) is 60.4 Å². The fourth-order valence-electron chi connectivity index (χ4n) is 5.67. The summed E-state index contributed by atoms with van der Waals surface area (Å²) in [5.74, 6) is 8.12. The van der Waals surface area contributed by atoms with Crippen molar-refractivity contribution in [3.63, 3.8) is 0 Å². The molecule has 2 saturated heterocycles. The average molecular weight is 630 g/mol. The number of methoxy groups -OCH3 is 1. The van der Waals surface area contributed by atoms with Gasteiger partial charge in [-0.1, -0.05) is 11.8 Å². The molecule has 4 aromatic rings. The SMILES string of the molecule is COC1CCN(c2cc(Nc3ccnc(-c4cnn(S(=O)(=O)C5CC5)c4)n3)ncc2C#Cc2cnn(C3CCOCC3)c2)CC1. The molecule has 3 aliphatic rings. The van der Waals surface area contributed by atoms with Crippen molar-refractivity contribution in [2.75, 3.05) is 43.6 Å². The van der Waals surface area contributed by atoms with Crippen LogP contribution in [-0.4, -0.2) is 87.1 Å². The number of hydrogen-bond acceptors (Lipinski definition) is 11. The van der Waals surface area contributed by atoms with Gasteiger partial charge in [0.1, 0.15) is 11.6 Å². The van der Waals surface area contributed by atoms with Crippen LogP contribution in [0, 0.1) is 11.8 Å². The van der Waals surface area contributed by atoms with Gasteiger partial charge in [-0.15, -0.1) is 0 Å². The first-order valence-corrected chi connectivity index (χ1v) is 16.8. The summed E-state index contributed by atoms with van der Waals surface area (Å²) in [6, 6.07) is 4.07. The summed E-state index contributed by atoms with van der Waals surface area (Å²) in [6.45, 7) is 3.19. The number of piperidine rings is 1. The number of rotatable bonds is 8. The summed E-state index contributed by atoms with van der Waals surface area (Å²) in [5.41, 5.74) is 3.17. The molecule has 0 radical (unpaired) electrons. The van der Waals surface area contributed by atoms with E-state index in [1.807, 2.05) is 23.1 Å². The molecule has 45 heavy (non-hydrogen) atoms. The number of aromatic nitrogens is 7. The van der Waals surface area contributed by atoms with Crippen LogP contribution in [-0.2, 0) is 19.5 Å². The Hall–Kier alpha value is -4.32. The second-order valence-corrected chi connectivity index (χ2v) is 13.6. The molecule has 1 saturated carbocycles. The van der Waals surface area contributed by atoms with Crippen LogP contribution in [0.3, 0.4) is 0 Å². The Kier molecular flexibility index (Phi) is 8.22. The van der Waals surface area contributed by atoms with Gasteiger partial charge in [-0.25, -0.2) is 23.4 Å². The highest BCUT2D eigenvalue weighted by molar-refractivity contribution is 7.90. The summed E-state index contributed by atoms with van der Waals surface area (Å²) in [7, 11) is -1.71. The minimum atomic E-state index is -3.47. The number of pyridine rings is 1. The van der Waals surface area contributed by atoms with Gasteiger partial charge in [-0.3, -0.25) is 4.68 Å². The topological polar surface area (TPSA) is 142 Å². The third-order valence-electron chi connectivity index (χ3n) is 8.44. The van der Waals surface area contributed by atoms with Crippen LogP contribution in [0.2, 0.25) is 0 Å². The van der Waals surface area contributed by atoms with Crippen LogP contribution in [0.1, 0.15) is 55.7 Å². The summed E-state index contributed by atoms with van der Waals surface area (Å²) in [5, 5.41) is 11.6. The minimum Gasteiger partial charge on any atom is -0.381 e. The molecule has 0 aromatic carbocycles. The summed E-state index contributed by atoms with van der Waals surface area (Å²) in [6.07, 6.45) is 15.5. The third-order valence-corrected chi connectivity index (χ3v) is 10.5. The Morgan fingerprint density at radius 2 is 1.78 bits per heavy atom. The maximum Gasteiger partial charge on any atom is 0.256 e. The minimum absolute atomic E-state index is 0.245. The fraction of sp³-hybridized carbons (Fsp3) is 0.452. The quantitative estimate of drug-likeness (QED) is 0.287. The molecule has 14 heteroatoms. The highest BCUT2D eigenvalue weighted by atomic mass is 32.2. The van der Waals surface area contributed by atoms with Crippen LogP contribution in [0.25, 0.3) is 11.4 Å². The molecule has 234 valence electrons. The van der Waals surface area contributed by atoms with Gasteiger partial charge in [0.25, 0.3) is 10.0 Å². The zero-order valence-corrected chi connectivity index (χ0v) is 25.9. The van der Waals surface area contributed by atoms with Crippen molar-refractivity contribution in [2.24, 2.45) is 0 Å². The lowest BCUT2D eigenvalue weighted by atomic mass is 10.1. The van der Waals surface area contributed by atoms with E-state index >= 15 is 0 Å². The molecule has 0 atom stereocenters. The van der Waals surface area contributed by atoms with Gasteiger partial charge in [0.05, 0.1) is 58.4 Å². The van der Waals surface area contributed by atoms with Crippen molar-refractivity contribution in [1.82, 2.24) is 33.9 Å². The highest BCUT2D eigenvalue weighted by Gasteiger charge is 2.37. The predicted molar refractivity (Wildman–Crippen MR) is 168 cm³/mol. The Bertz CT molecular complexity index is 1830. The summed E-state index contributed by atoms with van der Waals surface area (Å²) in [4.78, 5) is 15.9. The summed E-state index contributed by atoms with van der Waals surface area (Å²) >= 11 is 0. The van der Waals surface area contributed by atoms with E-state index in [2.05, 4.69) is 47.2 Å². The Morgan fingerprint density at radius 3 is 2.56 bits per heavy atom. The number of nitrogens with one attached hydrogen (secondary N) is 1. The average Bonchev–Trinajstić information content (AvgIpc) is 3.63. The van der Waals surface area contributed by atoms with Crippen LogP contribution < -0.4 is 10.2 Å². The monoisotopic (exact) mass is 629 g/mol. The molecule has 3 fully saturated rings. The summed E-state index contributed by atoms with van der Waals surface area (Å²) < 4.78 is 39.3. The molecule has 13 nitrogen and oxygen atoms in total. The lowest BCUT2D eigenvalue weighted by molar-refractivity contribution is 0.0662. The van der Waals surface area contributed by atoms with Gasteiger partial charge in [0.2, 0.25) is 0 Å². The van der Waals surface area contributed by atoms with Crippen LogP contribution in [0.15, 0.2) is 49.3 Å². The number of hydrogen-bond donors (Lipinski definition) is 1. The second kappa shape index (κ2) is 12.6. The van der Waals surface area contributed by atoms with Crippen molar-refractivity contribution in [2.45, 2.75) is 55.9 Å². The van der Waals surface area contributed by atoms with Gasteiger partial charge in [0.15, 0.2) is 5.82 Å². The normalized spacial score (nSPS) is 18.0. The number of anilines is 3. The van der Waals surface area contributed by atoms with Crippen molar-refractivity contribution in [1.29, 1.82) is 0 Å². The molecule has 6 heterocycles. The van der Waals surface area contributed by atoms with E-state index < -0.39 is 10.0 Å². The first kappa shape index (κ1) is 29.4. The van der Waals surface area contributed by atoms with Gasteiger partial charge in [0, 0.05) is 58.1 Å². The van der Waals surface area contributed by atoms with Gasteiger partial charge in [-0.05, 0) is 44.6 Å². The molecule has 0 amide bonds. The molecular weight excluding hydrogens is 594 g/mol. The Morgan fingerprint density at radius 1 is 0.956 bits per heavy atom. The third kappa shape index (κ3) is 6.56. The molecule has 0 bridgehead atoms. The van der Waals surface area contributed by atoms with Crippen molar-refractivity contribution >= 4 is 27.3 Å². The molecule has 1 N–H and O–H groups in total. The first-order valence-electron chi connectivity index (χ1n) is 15.3. The van der Waals surface area contributed by atoms with E-state index in [0.717, 1.165) is 72.9 Å². The van der Waals surface area contributed by atoms with Gasteiger partial charge >= 0.3 is 0 Å². The first-order chi connectivity index (χ1) is 22.0. The van der Waals surface area contributed by atoms with E-state index in [-0.39, 0.29) is 11.4 Å². The van der Waals surface area contributed by atoms with Crippen molar-refractivity contribution in [3.8, 4) is 23.2 Å². The second-order valence-electron chi connectivity index (χ2n) is 11.5. The maximum atomic E-state index is 12.6. The van der Waals surface area contributed by atoms with Gasteiger partial charge in [-0.2, -0.15) is 14.3 Å². The van der Waals surface area contributed by atoms with E-state index in [1.165, 1.54) is 12.4 Å². The van der Waals surface area contributed by atoms with Crippen LogP contribution in [0.4, 0.5) is 17.3 Å². The van der Waals surface area contributed by atoms with Crippen molar-refractivity contribution < 1.29 is 17.9 Å². The highest BCUT2D eigenvalue weighted by Crippen LogP contribution is 2.31. The van der Waals surface area contributed by atoms with E-state index in [1.54, 1.807) is 25.6 Å². The fourth-order valence-corrected chi connectivity index (χ4v) is 7.15. The smallest absolute Gasteiger partial charge is 0.256 e. The maximum absolute atomic E-state index is 12.6. The molecule has 2 aliphatic heterocycles. The predicted octanol–water partition coefficient (Wildman–Crippen LogP) is 3.38. The zero-order valence-electron chi connectivity index (χ0n) is 25.0. The Labute approximate surface area is 262 Å². The lowest BCUT2D eigenvalue weighted by Crippen LogP contribution is -2.37. The van der Waals surface area contributed by atoms with E-state index in [0.29, 0.717) is 41.9 Å². The van der Waals surface area contributed by atoms with Crippen LogP contribution in [0.5, 0.6) is 0 Å². The standard InChI is InChI=1S/C31H35N9O4S/c1-43-26-7-12-38(13-8-26)28-16-30(33-18-23(28)3-2-22-17-34-39(20-22)25-9-14-44-15-10-25)36-29-6-11-32-31(37-29)24-19-35-40(21-24)45(41,42)27-4-5-27/h6,11,16-21,25-27H,4-5,7-10,12-15H2,1H3,(H,32,33,36,37). The van der Waals surface area contributed by atoms with Crippen LogP contribution >= 0.6 is 0 Å². The number of nitrogens with zero attached hydrogens (tertiary/aromatic N) is 8. The molecule has 4 aromatic heterocycles. The number of ether oxygens (including phenoxy) is 2. The molecule has 0 spiro atoms. The zero-order chi connectivity index (χ0) is 30.8. The lowest BCUT2D eigenvalue weighted by Gasteiger charge is -2.33. The van der Waals surface area contributed by atoms with Gasteiger partial charge < -0.3 is 19.7 Å². The Balaban J connectivity index is 1.13.